The van der Waals surface area contributed by atoms with Gasteiger partial charge < -0.3 is 4.52 Å². The molecule has 1 aliphatic rings. The smallest absolute Gasteiger partial charge is 0.257 e. The highest BCUT2D eigenvalue weighted by Crippen LogP contribution is 2.35. The molecule has 4 nitrogen and oxygen atoms in total. The van der Waals surface area contributed by atoms with Crippen LogP contribution in [0.5, 0.6) is 0 Å². The standard InChI is InChI=1S/C28H24F3N3O/c1-28(2,3)27-33-26(35-34-27)17-9-7-16(8-10-17)18-11-12-19(22(31)15-18)23-13-14-24(32-23)25-20(29)5-4-6-21(25)30/h4-12,15,23H,13-14H2,1-3H3. The zero-order valence-electron chi connectivity index (χ0n) is 19.6. The van der Waals surface area contributed by atoms with E-state index in [1.165, 1.54) is 24.3 Å². The molecule has 178 valence electrons. The molecule has 0 saturated carbocycles. The molecule has 1 unspecified atom stereocenters. The van der Waals surface area contributed by atoms with Crippen LogP contribution < -0.4 is 0 Å². The molecule has 0 aliphatic carbocycles. The van der Waals surface area contributed by atoms with Gasteiger partial charge in [0.1, 0.15) is 17.5 Å². The molecule has 0 bridgehead atoms. The topological polar surface area (TPSA) is 51.3 Å². The van der Waals surface area contributed by atoms with Gasteiger partial charge in [-0.1, -0.05) is 56.3 Å². The van der Waals surface area contributed by atoms with Crippen molar-refractivity contribution in [3.8, 4) is 22.6 Å². The minimum atomic E-state index is -0.654. The summed E-state index contributed by atoms with van der Waals surface area (Å²) in [7, 11) is 0. The van der Waals surface area contributed by atoms with Crippen molar-refractivity contribution in [3.05, 3.63) is 95.1 Å². The lowest BCUT2D eigenvalue weighted by atomic mass is 9.96. The van der Waals surface area contributed by atoms with Gasteiger partial charge in [-0.2, -0.15) is 4.98 Å². The summed E-state index contributed by atoms with van der Waals surface area (Å²) in [5.41, 5.74) is 2.73. The SMILES string of the molecule is CC(C)(C)c1noc(-c2ccc(-c3ccc(C4CCC(c5c(F)cccc5F)=N4)c(F)c3)cc2)n1. The average molecular weight is 476 g/mol. The van der Waals surface area contributed by atoms with Crippen LogP contribution in [0, 0.1) is 17.5 Å². The van der Waals surface area contributed by atoms with Crippen molar-refractivity contribution in [1.29, 1.82) is 0 Å². The third kappa shape index (κ3) is 4.50. The number of nitrogens with zero attached hydrogens (tertiary/aromatic N) is 3. The van der Waals surface area contributed by atoms with Crippen LogP contribution in [0.2, 0.25) is 0 Å². The van der Waals surface area contributed by atoms with E-state index in [1.807, 2.05) is 51.1 Å². The number of benzene rings is 3. The lowest BCUT2D eigenvalue weighted by Gasteiger charge is -2.11. The first-order chi connectivity index (χ1) is 16.7. The molecule has 0 saturated heterocycles. The average Bonchev–Trinajstić information content (AvgIpc) is 3.50. The molecular weight excluding hydrogens is 451 g/mol. The van der Waals surface area contributed by atoms with Crippen LogP contribution in [-0.2, 0) is 5.41 Å². The van der Waals surface area contributed by atoms with Crippen molar-refractivity contribution in [2.24, 2.45) is 4.99 Å². The van der Waals surface area contributed by atoms with E-state index in [-0.39, 0.29) is 11.0 Å². The van der Waals surface area contributed by atoms with Crippen molar-refractivity contribution in [3.63, 3.8) is 0 Å². The molecule has 0 spiro atoms. The minimum Gasteiger partial charge on any atom is -0.334 e. The highest BCUT2D eigenvalue weighted by molar-refractivity contribution is 6.02. The summed E-state index contributed by atoms with van der Waals surface area (Å²) in [6.07, 6.45) is 0.882. The van der Waals surface area contributed by atoms with Gasteiger partial charge in [0, 0.05) is 22.3 Å². The number of hydrogen-bond donors (Lipinski definition) is 0. The summed E-state index contributed by atoms with van der Waals surface area (Å²) in [4.78, 5) is 8.92. The van der Waals surface area contributed by atoms with Crippen LogP contribution >= 0.6 is 0 Å². The fourth-order valence-electron chi connectivity index (χ4n) is 4.21. The first-order valence-electron chi connectivity index (χ1n) is 11.5. The number of rotatable bonds is 4. The van der Waals surface area contributed by atoms with E-state index < -0.39 is 23.5 Å². The summed E-state index contributed by atoms with van der Waals surface area (Å²) in [6.45, 7) is 6.04. The summed E-state index contributed by atoms with van der Waals surface area (Å²) >= 11 is 0. The maximum absolute atomic E-state index is 15.1. The predicted molar refractivity (Wildman–Crippen MR) is 129 cm³/mol. The maximum atomic E-state index is 15.1. The Labute approximate surface area is 201 Å². The molecule has 0 fully saturated rings. The molecule has 0 amide bonds. The Morgan fingerprint density at radius 3 is 2.11 bits per heavy atom. The van der Waals surface area contributed by atoms with Gasteiger partial charge in [-0.25, -0.2) is 13.2 Å². The lowest BCUT2D eigenvalue weighted by molar-refractivity contribution is 0.402. The molecule has 1 aliphatic heterocycles. The molecular formula is C28H24F3N3O. The maximum Gasteiger partial charge on any atom is 0.257 e. The van der Waals surface area contributed by atoms with Gasteiger partial charge in [0.15, 0.2) is 5.82 Å². The number of aromatic nitrogens is 2. The van der Waals surface area contributed by atoms with Gasteiger partial charge in [0.25, 0.3) is 5.89 Å². The summed E-state index contributed by atoms with van der Waals surface area (Å²) in [5, 5.41) is 4.05. The van der Waals surface area contributed by atoms with Gasteiger partial charge in [-0.15, -0.1) is 0 Å². The van der Waals surface area contributed by atoms with Crippen molar-refractivity contribution in [2.45, 2.75) is 45.1 Å². The van der Waals surface area contributed by atoms with Gasteiger partial charge in [-0.3, -0.25) is 4.99 Å². The predicted octanol–water partition coefficient (Wildman–Crippen LogP) is 7.44. The first-order valence-corrected chi connectivity index (χ1v) is 11.5. The second kappa shape index (κ2) is 8.80. The van der Waals surface area contributed by atoms with Gasteiger partial charge in [0.2, 0.25) is 0 Å². The highest BCUT2D eigenvalue weighted by atomic mass is 19.1. The molecule has 2 heterocycles. The molecule has 1 aromatic heterocycles. The molecule has 7 heteroatoms. The fraction of sp³-hybridized carbons (Fsp3) is 0.250. The lowest BCUT2D eigenvalue weighted by Crippen LogP contribution is -2.13. The van der Waals surface area contributed by atoms with E-state index in [0.717, 1.165) is 11.1 Å². The zero-order chi connectivity index (χ0) is 24.7. The van der Waals surface area contributed by atoms with Crippen molar-refractivity contribution in [2.75, 3.05) is 0 Å². The van der Waals surface area contributed by atoms with E-state index in [9.17, 15) is 8.78 Å². The van der Waals surface area contributed by atoms with Crippen LogP contribution in [0.3, 0.4) is 0 Å². The van der Waals surface area contributed by atoms with Crippen molar-refractivity contribution >= 4 is 5.71 Å². The van der Waals surface area contributed by atoms with E-state index >= 15 is 4.39 Å². The van der Waals surface area contributed by atoms with Crippen molar-refractivity contribution in [1.82, 2.24) is 10.1 Å². The zero-order valence-corrected chi connectivity index (χ0v) is 19.6. The number of hydrogen-bond acceptors (Lipinski definition) is 4. The Balaban J connectivity index is 1.37. The van der Waals surface area contributed by atoms with Crippen LogP contribution in [0.15, 0.2) is 70.2 Å². The molecule has 5 rings (SSSR count). The number of aliphatic imine (C=N–C) groups is 1. The molecule has 1 atom stereocenters. The largest absolute Gasteiger partial charge is 0.334 e. The second-order valence-corrected chi connectivity index (χ2v) is 9.71. The van der Waals surface area contributed by atoms with Crippen LogP contribution in [0.1, 0.15) is 56.6 Å². The van der Waals surface area contributed by atoms with Crippen LogP contribution in [0.25, 0.3) is 22.6 Å². The normalized spacial score (nSPS) is 15.9. The van der Waals surface area contributed by atoms with E-state index in [2.05, 4.69) is 15.1 Å². The first kappa shape index (κ1) is 23.0. The van der Waals surface area contributed by atoms with E-state index in [4.69, 9.17) is 4.52 Å². The van der Waals surface area contributed by atoms with Gasteiger partial charge >= 0.3 is 0 Å². The minimum absolute atomic E-state index is 0.122. The fourth-order valence-corrected chi connectivity index (χ4v) is 4.21. The third-order valence-electron chi connectivity index (χ3n) is 6.14. The molecule has 0 N–H and O–H groups in total. The Morgan fingerprint density at radius 2 is 1.49 bits per heavy atom. The third-order valence-corrected chi connectivity index (χ3v) is 6.14. The van der Waals surface area contributed by atoms with E-state index in [1.54, 1.807) is 6.07 Å². The van der Waals surface area contributed by atoms with Crippen LogP contribution in [0.4, 0.5) is 13.2 Å². The Hall–Kier alpha value is -3.74. The summed E-state index contributed by atoms with van der Waals surface area (Å²) in [6, 6.07) is 15.7. The molecule has 35 heavy (non-hydrogen) atoms. The second-order valence-electron chi connectivity index (χ2n) is 9.71. The Morgan fingerprint density at radius 1 is 0.829 bits per heavy atom. The van der Waals surface area contributed by atoms with Crippen LogP contribution in [-0.4, -0.2) is 15.9 Å². The quantitative estimate of drug-likeness (QED) is 0.308. The number of halogens is 3. The monoisotopic (exact) mass is 475 g/mol. The molecule has 4 aromatic rings. The molecule has 0 radical (unpaired) electrons. The Kier molecular flexibility index (Phi) is 5.79. The Bertz CT molecular complexity index is 1400. The van der Waals surface area contributed by atoms with Gasteiger partial charge in [-0.05, 0) is 54.3 Å². The molecule has 3 aromatic carbocycles. The summed E-state index contributed by atoms with van der Waals surface area (Å²) in [5.74, 6) is -0.645. The van der Waals surface area contributed by atoms with Gasteiger partial charge in [0.05, 0.1) is 11.6 Å². The van der Waals surface area contributed by atoms with Crippen molar-refractivity contribution < 1.29 is 17.7 Å². The highest BCUT2D eigenvalue weighted by Gasteiger charge is 2.26. The summed E-state index contributed by atoms with van der Waals surface area (Å²) < 4.78 is 48.7. The van der Waals surface area contributed by atoms with E-state index in [0.29, 0.717) is 41.4 Å².